The number of ketones is 2. The largest absolute Gasteiger partial charge is 0.504 e. The van der Waals surface area contributed by atoms with E-state index in [0.29, 0.717) is 18.4 Å². The maximum Gasteiger partial charge on any atom is 0.206 e. The summed E-state index contributed by atoms with van der Waals surface area (Å²) in [6, 6.07) is 2.04. The van der Waals surface area contributed by atoms with Crippen LogP contribution in [0.1, 0.15) is 78.2 Å². The Morgan fingerprint density at radius 3 is 2.52 bits per heavy atom. The molecule has 0 aromatic carbocycles. The van der Waals surface area contributed by atoms with Gasteiger partial charge in [-0.05, 0) is 80.9 Å². The number of furan rings is 1. The number of allylic oxidation sites excluding steroid dienone is 2. The number of carbonyl (C=O) groups is 2. The van der Waals surface area contributed by atoms with Crippen LogP contribution in [0.4, 0.5) is 0 Å². The molecule has 5 heteroatoms. The normalized spacial score (nSPS) is 49.9. The Kier molecular flexibility index (Phi) is 3.42. The fourth-order valence-electron chi connectivity index (χ4n) is 9.24. The lowest BCUT2D eigenvalue weighted by molar-refractivity contribution is -0.168. The number of epoxide rings is 1. The molecule has 5 aliphatic rings. The number of aliphatic hydroxyl groups excluding tert-OH is 1. The van der Waals surface area contributed by atoms with Gasteiger partial charge in [-0.2, -0.15) is 0 Å². The standard InChI is InChI=1S/C26H32O5/c1-22(2)17(27)7-9-23(3)16-6-10-24(4)15(14-8-11-30-13-14)12-18-26(24,31-18)25(16,5)21(29)19(28)20(22)23/h8,11,13,15-16,18,28H,6-7,9-10,12H2,1-5H3. The Morgan fingerprint density at radius 1 is 1.10 bits per heavy atom. The number of aliphatic hydroxyl groups is 1. The van der Waals surface area contributed by atoms with E-state index in [1.54, 1.807) is 6.26 Å². The van der Waals surface area contributed by atoms with E-state index < -0.39 is 16.4 Å². The molecule has 2 heterocycles. The van der Waals surface area contributed by atoms with Gasteiger partial charge in [-0.15, -0.1) is 0 Å². The van der Waals surface area contributed by atoms with Crippen LogP contribution in [0.5, 0.6) is 0 Å². The summed E-state index contributed by atoms with van der Waals surface area (Å²) < 4.78 is 11.9. The number of carbonyl (C=O) groups excluding carboxylic acids is 2. The molecule has 1 aromatic heterocycles. The van der Waals surface area contributed by atoms with Crippen molar-refractivity contribution in [3.05, 3.63) is 35.5 Å². The molecule has 1 N–H and O–H groups in total. The van der Waals surface area contributed by atoms with Crippen LogP contribution < -0.4 is 0 Å². The van der Waals surface area contributed by atoms with Crippen LogP contribution in [-0.2, 0) is 14.3 Å². The minimum absolute atomic E-state index is 0.0188. The quantitative estimate of drug-likeness (QED) is 0.633. The zero-order valence-corrected chi connectivity index (χ0v) is 19.1. The highest BCUT2D eigenvalue weighted by Gasteiger charge is 2.87. The van der Waals surface area contributed by atoms with E-state index in [1.165, 1.54) is 5.56 Å². The van der Waals surface area contributed by atoms with Gasteiger partial charge >= 0.3 is 0 Å². The average Bonchev–Trinajstić information content (AvgIpc) is 3.07. The van der Waals surface area contributed by atoms with Crippen molar-refractivity contribution in [1.29, 1.82) is 0 Å². The summed E-state index contributed by atoms with van der Waals surface area (Å²) in [6.07, 6.45) is 7.48. The molecule has 4 aliphatic carbocycles. The molecule has 3 saturated carbocycles. The van der Waals surface area contributed by atoms with Crippen LogP contribution in [0.3, 0.4) is 0 Å². The predicted octanol–water partition coefficient (Wildman–Crippen LogP) is 5.12. The summed E-state index contributed by atoms with van der Waals surface area (Å²) in [5, 5.41) is 11.4. The molecule has 1 saturated heterocycles. The first-order valence-corrected chi connectivity index (χ1v) is 11.7. The van der Waals surface area contributed by atoms with Crippen LogP contribution >= 0.6 is 0 Å². The molecule has 166 valence electrons. The molecule has 6 rings (SSSR count). The van der Waals surface area contributed by atoms with Crippen molar-refractivity contribution in [3.8, 4) is 0 Å². The van der Waals surface area contributed by atoms with E-state index in [1.807, 2.05) is 26.2 Å². The van der Waals surface area contributed by atoms with Crippen LogP contribution in [0.15, 0.2) is 34.3 Å². The van der Waals surface area contributed by atoms with Gasteiger partial charge in [-0.1, -0.05) is 13.8 Å². The Bertz CT molecular complexity index is 1050. The van der Waals surface area contributed by atoms with Gasteiger partial charge in [0.25, 0.3) is 0 Å². The summed E-state index contributed by atoms with van der Waals surface area (Å²) in [5.41, 5.74) is -0.922. The second-order valence-electron chi connectivity index (χ2n) is 11.9. The van der Waals surface area contributed by atoms with Crippen molar-refractivity contribution in [3.63, 3.8) is 0 Å². The number of ether oxygens (including phenoxy) is 1. The van der Waals surface area contributed by atoms with Gasteiger partial charge in [0.05, 0.1) is 24.0 Å². The summed E-state index contributed by atoms with van der Waals surface area (Å²) in [6.45, 7) is 10.3. The fraction of sp³-hybridized carbons (Fsp3) is 0.692. The summed E-state index contributed by atoms with van der Waals surface area (Å²) >= 11 is 0. The van der Waals surface area contributed by atoms with Gasteiger partial charge in [-0.3, -0.25) is 9.59 Å². The molecule has 1 spiro atoms. The first-order valence-electron chi connectivity index (χ1n) is 11.7. The van der Waals surface area contributed by atoms with Gasteiger partial charge in [-0.25, -0.2) is 0 Å². The molecule has 5 nitrogen and oxygen atoms in total. The second kappa shape index (κ2) is 5.36. The topological polar surface area (TPSA) is 80.0 Å². The Balaban J connectivity index is 1.55. The predicted molar refractivity (Wildman–Crippen MR) is 113 cm³/mol. The Morgan fingerprint density at radius 2 is 1.84 bits per heavy atom. The average molecular weight is 425 g/mol. The highest BCUT2D eigenvalue weighted by molar-refractivity contribution is 6.04. The molecule has 7 unspecified atom stereocenters. The molecular weight excluding hydrogens is 392 g/mol. The van der Waals surface area contributed by atoms with E-state index in [0.717, 1.165) is 19.3 Å². The van der Waals surface area contributed by atoms with Crippen LogP contribution in [0, 0.1) is 27.6 Å². The van der Waals surface area contributed by atoms with Crippen molar-refractivity contribution >= 4 is 11.6 Å². The maximum atomic E-state index is 14.1. The summed E-state index contributed by atoms with van der Waals surface area (Å²) in [7, 11) is 0. The number of hydrogen-bond donors (Lipinski definition) is 1. The van der Waals surface area contributed by atoms with Crippen molar-refractivity contribution < 1.29 is 23.8 Å². The third-order valence-corrected chi connectivity index (χ3v) is 10.6. The van der Waals surface area contributed by atoms with E-state index in [9.17, 15) is 14.7 Å². The molecule has 0 radical (unpaired) electrons. The van der Waals surface area contributed by atoms with E-state index >= 15 is 0 Å². The van der Waals surface area contributed by atoms with Gasteiger partial charge in [0.15, 0.2) is 5.76 Å². The Labute approximate surface area is 183 Å². The summed E-state index contributed by atoms with van der Waals surface area (Å²) in [5.74, 6) is 0.0587. The highest BCUT2D eigenvalue weighted by Crippen LogP contribution is 2.81. The van der Waals surface area contributed by atoms with Gasteiger partial charge < -0.3 is 14.3 Å². The number of Topliss-reactive ketones (excluding diaryl/α,β-unsaturated/α-hetero) is 2. The molecule has 31 heavy (non-hydrogen) atoms. The zero-order chi connectivity index (χ0) is 22.2. The number of fused-ring (bicyclic) bond motifs is 3. The van der Waals surface area contributed by atoms with Crippen LogP contribution in [0.2, 0.25) is 0 Å². The third-order valence-electron chi connectivity index (χ3n) is 10.6. The molecular formula is C26H32O5. The fourth-order valence-corrected chi connectivity index (χ4v) is 9.24. The summed E-state index contributed by atoms with van der Waals surface area (Å²) in [4.78, 5) is 26.9. The van der Waals surface area contributed by atoms with Crippen LogP contribution in [0.25, 0.3) is 0 Å². The van der Waals surface area contributed by atoms with E-state index in [-0.39, 0.29) is 46.1 Å². The van der Waals surface area contributed by atoms with Crippen LogP contribution in [-0.4, -0.2) is 28.4 Å². The lowest BCUT2D eigenvalue weighted by Gasteiger charge is -2.63. The minimum Gasteiger partial charge on any atom is -0.504 e. The second-order valence-corrected chi connectivity index (χ2v) is 11.9. The molecule has 0 amide bonds. The number of hydrogen-bond acceptors (Lipinski definition) is 5. The maximum absolute atomic E-state index is 14.1. The first-order chi connectivity index (χ1) is 14.5. The lowest BCUT2D eigenvalue weighted by atomic mass is 9.38. The third kappa shape index (κ3) is 1.84. The highest BCUT2D eigenvalue weighted by atomic mass is 16.6. The SMILES string of the molecule is CC1(C)C(=O)CCC2(C)C1=C(O)C(=O)C1(C)C2CCC2(C)C(c3ccoc3)CC3OC321. The molecule has 1 aliphatic heterocycles. The molecule has 4 fully saturated rings. The smallest absolute Gasteiger partial charge is 0.206 e. The van der Waals surface area contributed by atoms with Gasteiger partial charge in [0, 0.05) is 17.3 Å². The van der Waals surface area contributed by atoms with E-state index in [2.05, 4.69) is 20.8 Å². The van der Waals surface area contributed by atoms with Crippen molar-refractivity contribution in [1.82, 2.24) is 0 Å². The molecule has 7 atom stereocenters. The van der Waals surface area contributed by atoms with E-state index in [4.69, 9.17) is 9.15 Å². The minimum atomic E-state index is -0.814. The zero-order valence-electron chi connectivity index (χ0n) is 19.1. The lowest BCUT2D eigenvalue weighted by Crippen LogP contribution is -2.67. The monoisotopic (exact) mass is 424 g/mol. The van der Waals surface area contributed by atoms with Gasteiger partial charge in [0.2, 0.25) is 5.78 Å². The first kappa shape index (κ1) is 19.8. The molecule has 0 bridgehead atoms. The van der Waals surface area contributed by atoms with Gasteiger partial charge in [0.1, 0.15) is 11.4 Å². The van der Waals surface area contributed by atoms with Crippen molar-refractivity contribution in [2.75, 3.05) is 0 Å². The Hall–Kier alpha value is -1.88. The number of rotatable bonds is 1. The van der Waals surface area contributed by atoms with Crippen molar-refractivity contribution in [2.45, 2.75) is 84.3 Å². The van der Waals surface area contributed by atoms with Crippen molar-refractivity contribution in [2.24, 2.45) is 27.6 Å². The molecule has 1 aromatic rings.